The molecule has 0 bridgehead atoms. The van der Waals surface area contributed by atoms with Crippen LogP contribution in [0.15, 0.2) is 18.2 Å². The van der Waals surface area contributed by atoms with E-state index in [1.165, 1.54) is 0 Å². The fourth-order valence-corrected chi connectivity index (χ4v) is 2.01. The molecule has 15 heavy (non-hydrogen) atoms. The van der Waals surface area contributed by atoms with Crippen LogP contribution in [0.4, 0.5) is 0 Å². The van der Waals surface area contributed by atoms with Crippen molar-refractivity contribution in [3.05, 3.63) is 29.3 Å². The van der Waals surface area contributed by atoms with Gasteiger partial charge in [0, 0.05) is 5.56 Å². The molecule has 0 saturated carbocycles. The Kier molecular flexibility index (Phi) is 1.69. The van der Waals surface area contributed by atoms with Gasteiger partial charge < -0.3 is 9.47 Å². The standard InChI is InChI=1S/C12H9NO2/c13-6-8-1-2-9-3-4-11-12(10(9)5-8)15-7-14-11/h1-4,8H,5,7H2. The fourth-order valence-electron chi connectivity index (χ4n) is 2.01. The van der Waals surface area contributed by atoms with Crippen molar-refractivity contribution < 1.29 is 9.47 Å². The summed E-state index contributed by atoms with van der Waals surface area (Å²) in [6.07, 6.45) is 4.63. The van der Waals surface area contributed by atoms with Crippen LogP contribution < -0.4 is 9.47 Å². The summed E-state index contributed by atoms with van der Waals surface area (Å²) in [5.41, 5.74) is 2.23. The van der Waals surface area contributed by atoms with Gasteiger partial charge >= 0.3 is 0 Å². The van der Waals surface area contributed by atoms with E-state index in [9.17, 15) is 0 Å². The van der Waals surface area contributed by atoms with Crippen LogP contribution in [0.3, 0.4) is 0 Å². The minimum Gasteiger partial charge on any atom is -0.454 e. The highest BCUT2D eigenvalue weighted by Gasteiger charge is 2.23. The van der Waals surface area contributed by atoms with E-state index < -0.39 is 0 Å². The number of nitriles is 1. The monoisotopic (exact) mass is 199 g/mol. The van der Waals surface area contributed by atoms with Crippen molar-refractivity contribution in [2.24, 2.45) is 5.92 Å². The summed E-state index contributed by atoms with van der Waals surface area (Å²) in [6.45, 7) is 0.284. The molecule has 0 N–H and O–H groups in total. The molecule has 1 atom stereocenters. The minimum absolute atomic E-state index is 0.0480. The second-order valence-corrected chi connectivity index (χ2v) is 3.67. The van der Waals surface area contributed by atoms with Crippen LogP contribution in [-0.4, -0.2) is 6.79 Å². The van der Waals surface area contributed by atoms with Crippen molar-refractivity contribution in [2.75, 3.05) is 6.79 Å². The lowest BCUT2D eigenvalue weighted by atomic mass is 9.89. The van der Waals surface area contributed by atoms with E-state index in [0.717, 1.165) is 29.0 Å². The SMILES string of the molecule is N#CC1C=Cc2ccc3c(c2C1)OCO3. The maximum Gasteiger partial charge on any atom is 0.231 e. The molecule has 0 radical (unpaired) electrons. The molecule has 0 spiro atoms. The highest BCUT2D eigenvalue weighted by Crippen LogP contribution is 2.40. The minimum atomic E-state index is -0.0480. The Morgan fingerprint density at radius 2 is 2.27 bits per heavy atom. The lowest BCUT2D eigenvalue weighted by Gasteiger charge is -2.15. The van der Waals surface area contributed by atoms with E-state index in [0.29, 0.717) is 0 Å². The number of allylic oxidation sites excluding steroid dienone is 1. The normalized spacial score (nSPS) is 20.9. The highest BCUT2D eigenvalue weighted by atomic mass is 16.7. The molecule has 0 saturated heterocycles. The van der Waals surface area contributed by atoms with E-state index in [-0.39, 0.29) is 12.7 Å². The fraction of sp³-hybridized carbons (Fsp3) is 0.250. The number of hydrogen-bond acceptors (Lipinski definition) is 3. The Morgan fingerprint density at radius 1 is 1.33 bits per heavy atom. The van der Waals surface area contributed by atoms with Gasteiger partial charge in [0.1, 0.15) is 0 Å². The van der Waals surface area contributed by atoms with Crippen LogP contribution >= 0.6 is 0 Å². The second-order valence-electron chi connectivity index (χ2n) is 3.67. The average molecular weight is 199 g/mol. The first-order valence-electron chi connectivity index (χ1n) is 4.88. The van der Waals surface area contributed by atoms with Crippen molar-refractivity contribution in [3.63, 3.8) is 0 Å². The van der Waals surface area contributed by atoms with Crippen molar-refractivity contribution in [3.8, 4) is 17.6 Å². The lowest BCUT2D eigenvalue weighted by molar-refractivity contribution is 0.173. The van der Waals surface area contributed by atoms with Crippen molar-refractivity contribution in [2.45, 2.75) is 6.42 Å². The van der Waals surface area contributed by atoms with Crippen LogP contribution in [0.1, 0.15) is 11.1 Å². The van der Waals surface area contributed by atoms with Gasteiger partial charge in [-0.3, -0.25) is 0 Å². The third-order valence-corrected chi connectivity index (χ3v) is 2.78. The molecule has 1 aliphatic carbocycles. The summed E-state index contributed by atoms with van der Waals surface area (Å²) in [4.78, 5) is 0. The molecule has 3 nitrogen and oxygen atoms in total. The zero-order valence-electron chi connectivity index (χ0n) is 8.06. The molecule has 2 aliphatic rings. The zero-order chi connectivity index (χ0) is 10.3. The molecule has 0 amide bonds. The predicted octanol–water partition coefficient (Wildman–Crippen LogP) is 2.12. The Bertz CT molecular complexity index is 485. The quantitative estimate of drug-likeness (QED) is 0.642. The Hall–Kier alpha value is -1.95. The summed E-state index contributed by atoms with van der Waals surface area (Å²) in [7, 11) is 0. The molecule has 1 aliphatic heterocycles. The van der Waals surface area contributed by atoms with Gasteiger partial charge in [-0.05, 0) is 18.1 Å². The number of fused-ring (bicyclic) bond motifs is 3. The first-order chi connectivity index (χ1) is 7.38. The Labute approximate surface area is 87.5 Å². The molecular weight excluding hydrogens is 190 g/mol. The molecular formula is C12H9NO2. The number of hydrogen-bond donors (Lipinski definition) is 0. The van der Waals surface area contributed by atoms with Gasteiger partial charge in [-0.15, -0.1) is 0 Å². The molecule has 1 aromatic rings. The van der Waals surface area contributed by atoms with Gasteiger partial charge in [0.05, 0.1) is 12.0 Å². The maximum absolute atomic E-state index is 8.89. The van der Waals surface area contributed by atoms with Crippen LogP contribution in [0, 0.1) is 17.2 Å². The van der Waals surface area contributed by atoms with Crippen molar-refractivity contribution >= 4 is 6.08 Å². The number of ether oxygens (including phenoxy) is 2. The summed E-state index contributed by atoms with van der Waals surface area (Å²) in [5.74, 6) is 1.56. The maximum atomic E-state index is 8.89. The molecule has 0 fully saturated rings. The Morgan fingerprint density at radius 3 is 3.13 bits per heavy atom. The van der Waals surface area contributed by atoms with E-state index >= 15 is 0 Å². The van der Waals surface area contributed by atoms with Gasteiger partial charge in [-0.2, -0.15) is 5.26 Å². The van der Waals surface area contributed by atoms with Gasteiger partial charge in [0.2, 0.25) is 6.79 Å². The van der Waals surface area contributed by atoms with Gasteiger partial charge in [0.25, 0.3) is 0 Å². The molecule has 1 aromatic carbocycles. The van der Waals surface area contributed by atoms with Gasteiger partial charge in [-0.1, -0.05) is 18.2 Å². The highest BCUT2D eigenvalue weighted by molar-refractivity contribution is 5.65. The second kappa shape index (κ2) is 3.03. The third kappa shape index (κ3) is 1.18. The van der Waals surface area contributed by atoms with E-state index in [1.54, 1.807) is 0 Å². The lowest BCUT2D eigenvalue weighted by Crippen LogP contribution is -2.06. The summed E-state index contributed by atoms with van der Waals surface area (Å²) in [5, 5.41) is 8.89. The average Bonchev–Trinajstić information content (AvgIpc) is 2.76. The van der Waals surface area contributed by atoms with Crippen LogP contribution in [0.25, 0.3) is 6.08 Å². The Balaban J connectivity index is 2.14. The van der Waals surface area contributed by atoms with E-state index in [2.05, 4.69) is 6.07 Å². The van der Waals surface area contributed by atoms with Crippen LogP contribution in [-0.2, 0) is 6.42 Å². The first kappa shape index (κ1) is 8.37. The first-order valence-corrected chi connectivity index (χ1v) is 4.88. The smallest absolute Gasteiger partial charge is 0.231 e. The van der Waals surface area contributed by atoms with E-state index in [4.69, 9.17) is 14.7 Å². The van der Waals surface area contributed by atoms with Gasteiger partial charge in [-0.25, -0.2) is 0 Å². The summed E-state index contributed by atoms with van der Waals surface area (Å²) < 4.78 is 10.7. The van der Waals surface area contributed by atoms with Crippen molar-refractivity contribution in [1.82, 2.24) is 0 Å². The number of rotatable bonds is 0. The largest absolute Gasteiger partial charge is 0.454 e. The zero-order valence-corrected chi connectivity index (χ0v) is 8.06. The molecule has 1 unspecified atom stereocenters. The molecule has 74 valence electrons. The van der Waals surface area contributed by atoms with Crippen LogP contribution in [0.5, 0.6) is 11.5 Å². The molecule has 0 aromatic heterocycles. The van der Waals surface area contributed by atoms with Crippen LogP contribution in [0.2, 0.25) is 0 Å². The summed E-state index contributed by atoms with van der Waals surface area (Å²) >= 11 is 0. The number of nitrogens with zero attached hydrogens (tertiary/aromatic N) is 1. The molecule has 3 heteroatoms. The topological polar surface area (TPSA) is 42.2 Å². The van der Waals surface area contributed by atoms with Crippen molar-refractivity contribution in [1.29, 1.82) is 5.26 Å². The van der Waals surface area contributed by atoms with E-state index in [1.807, 2.05) is 24.3 Å². The molecule has 1 heterocycles. The third-order valence-electron chi connectivity index (χ3n) is 2.78. The van der Waals surface area contributed by atoms with Gasteiger partial charge in [0.15, 0.2) is 11.5 Å². The summed E-state index contributed by atoms with van der Waals surface area (Å²) in [6, 6.07) is 6.17. The number of benzene rings is 1. The predicted molar refractivity (Wildman–Crippen MR) is 54.4 cm³/mol. The molecule has 3 rings (SSSR count).